The molecule has 0 heterocycles. The highest BCUT2D eigenvalue weighted by Gasteiger charge is 2.05. The highest BCUT2D eigenvalue weighted by atomic mass is 35.5. The van der Waals surface area contributed by atoms with Gasteiger partial charge in [0.2, 0.25) is 0 Å². The lowest BCUT2D eigenvalue weighted by atomic mass is 10.1. The maximum Gasteiger partial charge on any atom is 0.253 e. The zero-order valence-corrected chi connectivity index (χ0v) is 8.81. The molecular weight excluding hydrogens is 219 g/mol. The average Bonchev–Trinajstić information content (AvgIpc) is 2.17. The lowest BCUT2D eigenvalue weighted by Gasteiger charge is -2.00. The van der Waals surface area contributed by atoms with E-state index in [-0.39, 0.29) is 12.4 Å². The Labute approximate surface area is 93.1 Å². The van der Waals surface area contributed by atoms with E-state index in [9.17, 15) is 4.79 Å². The highest BCUT2D eigenvalue weighted by Crippen LogP contribution is 2.19. The molecule has 0 spiro atoms. The van der Waals surface area contributed by atoms with Gasteiger partial charge in [-0.3, -0.25) is 4.79 Å². The Balaban J connectivity index is 0.000000980. The Morgan fingerprint density at radius 3 is 2.36 bits per heavy atom. The van der Waals surface area contributed by atoms with Crippen LogP contribution in [0.15, 0.2) is 42.5 Å². The third-order valence-corrected chi connectivity index (χ3v) is 2.20. The van der Waals surface area contributed by atoms with Gasteiger partial charge in [0, 0.05) is 5.56 Å². The molecule has 2 aromatic carbocycles. The fourth-order valence-electron chi connectivity index (χ4n) is 1.40. The monoisotopic (exact) mass is 226 g/mol. The Kier molecular flexibility index (Phi) is 3.50. The van der Waals surface area contributed by atoms with Crippen LogP contribution in [0.3, 0.4) is 0 Å². The number of rotatable bonds is 1. The van der Waals surface area contributed by atoms with E-state index in [1.165, 1.54) is 0 Å². The van der Waals surface area contributed by atoms with E-state index in [1.54, 1.807) is 6.07 Å². The van der Waals surface area contributed by atoms with Gasteiger partial charge in [-0.15, -0.1) is 12.4 Å². The Hall–Kier alpha value is -1.05. The van der Waals surface area contributed by atoms with Crippen molar-refractivity contribution in [3.05, 3.63) is 48.0 Å². The predicted octanol–water partition coefficient (Wildman–Crippen LogP) is 3.64. The molecule has 72 valence electrons. The van der Waals surface area contributed by atoms with Crippen LogP contribution in [0, 0.1) is 0 Å². The van der Waals surface area contributed by atoms with Crippen molar-refractivity contribution in [2.45, 2.75) is 0 Å². The van der Waals surface area contributed by atoms with Crippen LogP contribution in [0.5, 0.6) is 0 Å². The summed E-state index contributed by atoms with van der Waals surface area (Å²) in [6.45, 7) is 0. The van der Waals surface area contributed by atoms with E-state index < -0.39 is 5.24 Å². The Bertz CT molecular complexity index is 460. The zero-order valence-electron chi connectivity index (χ0n) is 7.24. The molecule has 2 aromatic rings. The van der Waals surface area contributed by atoms with Gasteiger partial charge in [-0.05, 0) is 28.4 Å². The molecule has 0 unspecified atom stereocenters. The SMILES string of the molecule is Cl.O=C(Cl)c1cccc2ccccc12. The maximum atomic E-state index is 11.0. The van der Waals surface area contributed by atoms with Crippen LogP contribution in [0.4, 0.5) is 0 Å². The first-order valence-corrected chi connectivity index (χ1v) is 4.34. The smallest absolute Gasteiger partial charge is 0.253 e. The molecule has 0 aromatic heterocycles. The van der Waals surface area contributed by atoms with Crippen LogP contribution in [0.2, 0.25) is 0 Å². The number of carbonyl (C=O) groups is 1. The second-order valence-corrected chi connectivity index (χ2v) is 3.14. The van der Waals surface area contributed by atoms with E-state index in [4.69, 9.17) is 11.6 Å². The number of fused-ring (bicyclic) bond motifs is 1. The molecule has 0 N–H and O–H groups in total. The molecule has 0 aliphatic carbocycles. The van der Waals surface area contributed by atoms with E-state index >= 15 is 0 Å². The number of benzene rings is 2. The van der Waals surface area contributed by atoms with Crippen LogP contribution in [0.1, 0.15) is 10.4 Å². The molecule has 0 saturated carbocycles. The molecule has 0 fully saturated rings. The van der Waals surface area contributed by atoms with Gasteiger partial charge in [0.1, 0.15) is 0 Å². The first-order valence-electron chi connectivity index (χ1n) is 3.96. The van der Waals surface area contributed by atoms with Crippen molar-refractivity contribution in [3.8, 4) is 0 Å². The molecule has 14 heavy (non-hydrogen) atoms. The first kappa shape index (κ1) is 11.0. The van der Waals surface area contributed by atoms with Crippen molar-refractivity contribution >= 4 is 40.0 Å². The first-order chi connectivity index (χ1) is 6.29. The lowest BCUT2D eigenvalue weighted by molar-refractivity contribution is 0.108. The topological polar surface area (TPSA) is 17.1 Å². The summed E-state index contributed by atoms with van der Waals surface area (Å²) < 4.78 is 0. The van der Waals surface area contributed by atoms with E-state index in [0.717, 1.165) is 10.8 Å². The van der Waals surface area contributed by atoms with E-state index in [1.807, 2.05) is 36.4 Å². The minimum absolute atomic E-state index is 0. The summed E-state index contributed by atoms with van der Waals surface area (Å²) in [6, 6.07) is 13.2. The standard InChI is InChI=1S/C11H7ClO.ClH/c12-11(13)10-7-3-5-8-4-1-2-6-9(8)10;/h1-7H;1H. The highest BCUT2D eigenvalue weighted by molar-refractivity contribution is 6.68. The summed E-state index contributed by atoms with van der Waals surface area (Å²) in [5, 5.41) is 1.54. The molecule has 0 amide bonds. The number of hydrogen-bond acceptors (Lipinski definition) is 1. The minimum atomic E-state index is -0.406. The van der Waals surface area contributed by atoms with Gasteiger partial charge in [0.25, 0.3) is 5.24 Å². The molecule has 1 nitrogen and oxygen atoms in total. The van der Waals surface area contributed by atoms with Crippen molar-refractivity contribution in [1.82, 2.24) is 0 Å². The lowest BCUT2D eigenvalue weighted by Crippen LogP contribution is -1.89. The van der Waals surface area contributed by atoms with Gasteiger partial charge in [-0.25, -0.2) is 0 Å². The van der Waals surface area contributed by atoms with Gasteiger partial charge < -0.3 is 0 Å². The van der Waals surface area contributed by atoms with E-state index in [2.05, 4.69) is 0 Å². The van der Waals surface area contributed by atoms with Crippen molar-refractivity contribution in [1.29, 1.82) is 0 Å². The predicted molar refractivity (Wildman–Crippen MR) is 61.4 cm³/mol. The molecular formula is C11H8Cl2O. The van der Waals surface area contributed by atoms with Crippen molar-refractivity contribution in [3.63, 3.8) is 0 Å². The quantitative estimate of drug-likeness (QED) is 0.679. The summed E-state index contributed by atoms with van der Waals surface area (Å²) in [6.07, 6.45) is 0. The molecule has 2 rings (SSSR count). The van der Waals surface area contributed by atoms with Gasteiger partial charge in [0.15, 0.2) is 0 Å². The Morgan fingerprint density at radius 2 is 1.64 bits per heavy atom. The van der Waals surface area contributed by atoms with Crippen LogP contribution in [-0.4, -0.2) is 5.24 Å². The summed E-state index contributed by atoms with van der Waals surface area (Å²) in [5.41, 5.74) is 0.569. The normalized spacial score (nSPS) is 9.50. The maximum absolute atomic E-state index is 11.0. The third-order valence-electron chi connectivity index (χ3n) is 2.00. The molecule has 0 atom stereocenters. The van der Waals surface area contributed by atoms with Crippen LogP contribution >= 0.6 is 24.0 Å². The second kappa shape index (κ2) is 4.45. The van der Waals surface area contributed by atoms with Gasteiger partial charge in [0.05, 0.1) is 0 Å². The summed E-state index contributed by atoms with van der Waals surface area (Å²) in [5.74, 6) is 0. The molecule has 0 bridgehead atoms. The zero-order chi connectivity index (χ0) is 9.26. The summed E-state index contributed by atoms with van der Waals surface area (Å²) in [7, 11) is 0. The fraction of sp³-hybridized carbons (Fsp3) is 0. The van der Waals surface area contributed by atoms with Crippen molar-refractivity contribution in [2.75, 3.05) is 0 Å². The van der Waals surface area contributed by atoms with Gasteiger partial charge in [-0.2, -0.15) is 0 Å². The summed E-state index contributed by atoms with van der Waals surface area (Å²) in [4.78, 5) is 11.0. The van der Waals surface area contributed by atoms with Crippen LogP contribution in [-0.2, 0) is 0 Å². The minimum Gasteiger partial charge on any atom is -0.276 e. The van der Waals surface area contributed by atoms with Crippen molar-refractivity contribution in [2.24, 2.45) is 0 Å². The Morgan fingerprint density at radius 1 is 1.00 bits per heavy atom. The van der Waals surface area contributed by atoms with Gasteiger partial charge >= 0.3 is 0 Å². The second-order valence-electron chi connectivity index (χ2n) is 2.80. The molecule has 0 radical (unpaired) electrons. The third kappa shape index (κ3) is 1.89. The van der Waals surface area contributed by atoms with E-state index in [0.29, 0.717) is 5.56 Å². The largest absolute Gasteiger partial charge is 0.276 e. The molecule has 0 aliphatic heterocycles. The van der Waals surface area contributed by atoms with Crippen LogP contribution in [0.25, 0.3) is 10.8 Å². The number of halogens is 2. The fourth-order valence-corrected chi connectivity index (χ4v) is 1.56. The summed E-state index contributed by atoms with van der Waals surface area (Å²) >= 11 is 5.44. The number of hydrogen-bond donors (Lipinski definition) is 0. The average molecular weight is 227 g/mol. The molecule has 3 heteroatoms. The van der Waals surface area contributed by atoms with Crippen LogP contribution < -0.4 is 0 Å². The van der Waals surface area contributed by atoms with Gasteiger partial charge in [-0.1, -0.05) is 36.4 Å². The van der Waals surface area contributed by atoms with Crippen molar-refractivity contribution < 1.29 is 4.79 Å². The molecule has 0 saturated heterocycles. The number of carbonyl (C=O) groups excluding carboxylic acids is 1. The molecule has 0 aliphatic rings.